The van der Waals surface area contributed by atoms with Crippen LogP contribution in [0.3, 0.4) is 0 Å². The van der Waals surface area contributed by atoms with Gasteiger partial charge < -0.3 is 0 Å². The fraction of sp³-hybridized carbons (Fsp3) is 0. The van der Waals surface area contributed by atoms with Gasteiger partial charge in [-0.25, -0.2) is 0 Å². The molecule has 0 spiro atoms. The summed E-state index contributed by atoms with van der Waals surface area (Å²) in [5.74, 6) is 0. The second kappa shape index (κ2) is 10.4. The highest BCUT2D eigenvalue weighted by Gasteiger charge is 2.17. The second-order valence-electron chi connectivity index (χ2n) is 12.4. The van der Waals surface area contributed by atoms with Crippen LogP contribution in [-0.4, -0.2) is 0 Å². The molecule has 0 aliphatic carbocycles. The van der Waals surface area contributed by atoms with Crippen LogP contribution < -0.4 is 0 Å². The average molecular weight is 613 g/mol. The molecule has 0 bridgehead atoms. The SMILES string of the molecule is c1ccc(-c2c3ccccc3c(-c3ccc(-c4ccc5sc6c7ccccc7c7ccccc7c6c5c4)cc3)c3ccccc23)cc1. The molecule has 0 N–H and O–H groups in total. The van der Waals surface area contributed by atoms with Crippen molar-refractivity contribution in [2.24, 2.45) is 0 Å². The summed E-state index contributed by atoms with van der Waals surface area (Å²) in [6, 6.07) is 62.5. The van der Waals surface area contributed by atoms with Gasteiger partial charge in [-0.15, -0.1) is 11.3 Å². The molecule has 10 aromatic rings. The molecule has 0 saturated carbocycles. The average Bonchev–Trinajstić information content (AvgIpc) is 3.54. The summed E-state index contributed by atoms with van der Waals surface area (Å²) in [6.45, 7) is 0. The summed E-state index contributed by atoms with van der Waals surface area (Å²) in [4.78, 5) is 0. The first-order valence-electron chi connectivity index (χ1n) is 16.2. The van der Waals surface area contributed by atoms with Crippen molar-refractivity contribution in [2.45, 2.75) is 0 Å². The maximum Gasteiger partial charge on any atom is 0.0440 e. The predicted octanol–water partition coefficient (Wildman–Crippen LogP) is 13.7. The van der Waals surface area contributed by atoms with Crippen molar-refractivity contribution in [3.8, 4) is 33.4 Å². The van der Waals surface area contributed by atoms with E-state index in [2.05, 4.69) is 170 Å². The highest BCUT2D eigenvalue weighted by Crippen LogP contribution is 2.46. The molecule has 0 saturated heterocycles. The third-order valence-corrected chi connectivity index (χ3v) is 11.1. The molecule has 9 aromatic carbocycles. The van der Waals surface area contributed by atoms with Crippen LogP contribution in [0.4, 0.5) is 0 Å². The van der Waals surface area contributed by atoms with Gasteiger partial charge >= 0.3 is 0 Å². The highest BCUT2D eigenvalue weighted by atomic mass is 32.1. The molecule has 0 amide bonds. The Bertz CT molecular complexity index is 2760. The van der Waals surface area contributed by atoms with Crippen molar-refractivity contribution >= 4 is 74.6 Å². The Morgan fingerprint density at radius 3 is 1.30 bits per heavy atom. The molecule has 10 rings (SSSR count). The summed E-state index contributed by atoms with van der Waals surface area (Å²) in [5, 5.41) is 13.2. The van der Waals surface area contributed by atoms with Gasteiger partial charge in [-0.2, -0.15) is 0 Å². The van der Waals surface area contributed by atoms with Crippen molar-refractivity contribution in [3.63, 3.8) is 0 Å². The zero-order valence-corrected chi connectivity index (χ0v) is 26.4. The van der Waals surface area contributed by atoms with E-state index in [9.17, 15) is 0 Å². The van der Waals surface area contributed by atoms with Gasteiger partial charge in [-0.05, 0) is 83.2 Å². The monoisotopic (exact) mass is 612 g/mol. The first kappa shape index (κ1) is 26.5. The fourth-order valence-corrected chi connectivity index (χ4v) is 9.01. The molecular weight excluding hydrogens is 585 g/mol. The van der Waals surface area contributed by atoms with Gasteiger partial charge in [0.2, 0.25) is 0 Å². The Hall–Kier alpha value is -5.76. The quantitative estimate of drug-likeness (QED) is 0.138. The molecule has 1 aromatic heterocycles. The van der Waals surface area contributed by atoms with Crippen molar-refractivity contribution in [2.75, 3.05) is 0 Å². The van der Waals surface area contributed by atoms with Crippen LogP contribution in [0.5, 0.6) is 0 Å². The van der Waals surface area contributed by atoms with Crippen LogP contribution in [-0.2, 0) is 0 Å². The van der Waals surface area contributed by atoms with Crippen LogP contribution in [0.2, 0.25) is 0 Å². The summed E-state index contributed by atoms with van der Waals surface area (Å²) in [5.41, 5.74) is 7.55. The minimum absolute atomic E-state index is 1.23. The summed E-state index contributed by atoms with van der Waals surface area (Å²) in [7, 11) is 0. The minimum atomic E-state index is 1.23. The molecule has 0 radical (unpaired) electrons. The highest BCUT2D eigenvalue weighted by molar-refractivity contribution is 7.27. The lowest BCUT2D eigenvalue weighted by atomic mass is 9.86. The lowest BCUT2D eigenvalue weighted by molar-refractivity contribution is 1.63. The zero-order chi connectivity index (χ0) is 30.9. The van der Waals surface area contributed by atoms with Crippen LogP contribution in [0, 0.1) is 0 Å². The second-order valence-corrected chi connectivity index (χ2v) is 13.4. The largest absolute Gasteiger partial charge is 0.135 e. The molecule has 1 heterocycles. The molecule has 47 heavy (non-hydrogen) atoms. The number of fused-ring (bicyclic) bond motifs is 10. The Labute approximate surface area is 276 Å². The molecule has 0 fully saturated rings. The van der Waals surface area contributed by atoms with E-state index in [1.54, 1.807) is 0 Å². The molecule has 0 nitrogen and oxygen atoms in total. The van der Waals surface area contributed by atoms with Gasteiger partial charge in [0.15, 0.2) is 0 Å². The number of hydrogen-bond acceptors (Lipinski definition) is 1. The van der Waals surface area contributed by atoms with Gasteiger partial charge in [-0.3, -0.25) is 0 Å². The maximum absolute atomic E-state index is 2.41. The summed E-state index contributed by atoms with van der Waals surface area (Å²) < 4.78 is 2.71. The van der Waals surface area contributed by atoms with Crippen molar-refractivity contribution in [3.05, 3.63) is 170 Å². The van der Waals surface area contributed by atoms with E-state index >= 15 is 0 Å². The molecule has 0 unspecified atom stereocenters. The third-order valence-electron chi connectivity index (χ3n) is 9.85. The Morgan fingerprint density at radius 2 is 0.702 bits per heavy atom. The molecule has 218 valence electrons. The van der Waals surface area contributed by atoms with Crippen LogP contribution >= 0.6 is 11.3 Å². The van der Waals surface area contributed by atoms with Crippen LogP contribution in [0.15, 0.2) is 170 Å². The topological polar surface area (TPSA) is 0 Å². The Kier molecular flexibility index (Phi) is 5.85. The van der Waals surface area contributed by atoms with E-state index < -0.39 is 0 Å². The lowest BCUT2D eigenvalue weighted by Crippen LogP contribution is -1.90. The van der Waals surface area contributed by atoms with E-state index in [0.29, 0.717) is 0 Å². The molecule has 0 atom stereocenters. The van der Waals surface area contributed by atoms with Gasteiger partial charge in [0.25, 0.3) is 0 Å². The Morgan fingerprint density at radius 1 is 0.277 bits per heavy atom. The number of rotatable bonds is 3. The fourth-order valence-electron chi connectivity index (χ4n) is 7.77. The van der Waals surface area contributed by atoms with E-state index in [1.165, 1.54) is 96.6 Å². The van der Waals surface area contributed by atoms with E-state index in [1.807, 2.05) is 11.3 Å². The molecule has 1 heteroatoms. The molecule has 0 aliphatic heterocycles. The van der Waals surface area contributed by atoms with Crippen molar-refractivity contribution < 1.29 is 0 Å². The van der Waals surface area contributed by atoms with Crippen LogP contribution in [0.25, 0.3) is 96.6 Å². The van der Waals surface area contributed by atoms with Gasteiger partial charge in [0.1, 0.15) is 0 Å². The normalized spacial score (nSPS) is 11.8. The third kappa shape index (κ3) is 4.00. The van der Waals surface area contributed by atoms with Gasteiger partial charge in [-0.1, -0.05) is 158 Å². The van der Waals surface area contributed by atoms with E-state index in [0.717, 1.165) is 0 Å². The lowest BCUT2D eigenvalue weighted by Gasteiger charge is -2.18. The van der Waals surface area contributed by atoms with Gasteiger partial charge in [0.05, 0.1) is 0 Å². The predicted molar refractivity (Wildman–Crippen MR) is 206 cm³/mol. The number of benzene rings is 9. The standard InChI is InChI=1S/C46H28S/c1-2-12-30(13-3-1)43-36-17-7-9-19-38(36)44(39-20-10-8-18-37(39)43)31-24-22-29(23-25-31)32-26-27-42-41(28-32)45-35-16-6-4-14-33(35)34-15-5-11-21-40(34)46(45)47-42/h1-28H. The smallest absolute Gasteiger partial charge is 0.0440 e. The minimum Gasteiger partial charge on any atom is -0.135 e. The zero-order valence-electron chi connectivity index (χ0n) is 25.6. The summed E-state index contributed by atoms with van der Waals surface area (Å²) >= 11 is 1.91. The van der Waals surface area contributed by atoms with E-state index in [4.69, 9.17) is 0 Å². The maximum atomic E-state index is 2.41. The first-order valence-corrected chi connectivity index (χ1v) is 17.0. The Balaban J connectivity index is 1.16. The molecular formula is C46H28S. The van der Waals surface area contributed by atoms with Crippen molar-refractivity contribution in [1.82, 2.24) is 0 Å². The van der Waals surface area contributed by atoms with E-state index in [-0.39, 0.29) is 0 Å². The van der Waals surface area contributed by atoms with Gasteiger partial charge in [0, 0.05) is 25.6 Å². The summed E-state index contributed by atoms with van der Waals surface area (Å²) in [6.07, 6.45) is 0. The number of thiophene rings is 1. The van der Waals surface area contributed by atoms with Crippen LogP contribution in [0.1, 0.15) is 0 Å². The molecule has 0 aliphatic rings. The van der Waals surface area contributed by atoms with Crippen molar-refractivity contribution in [1.29, 1.82) is 0 Å². The first-order chi connectivity index (χ1) is 23.3. The number of hydrogen-bond donors (Lipinski definition) is 0.